The quantitative estimate of drug-likeness (QED) is 0.273. The van der Waals surface area contributed by atoms with Gasteiger partial charge in [0, 0.05) is 12.2 Å². The van der Waals surface area contributed by atoms with E-state index in [2.05, 4.69) is 15.6 Å². The number of benzene rings is 2. The summed E-state index contributed by atoms with van der Waals surface area (Å²) in [6, 6.07) is 18.1. The van der Waals surface area contributed by atoms with E-state index in [1.165, 1.54) is 11.3 Å². The average Bonchev–Trinajstić information content (AvgIpc) is 3.25. The Bertz CT molecular complexity index is 1450. The number of ether oxygens (including phenoxy) is 1. The molecule has 0 radical (unpaired) electrons. The van der Waals surface area contributed by atoms with Crippen LogP contribution in [0.15, 0.2) is 66.9 Å². The molecule has 0 spiro atoms. The molecule has 8 nitrogen and oxygen atoms in total. The van der Waals surface area contributed by atoms with Crippen LogP contribution in [0.3, 0.4) is 0 Å². The molecule has 11 heteroatoms. The first-order valence-electron chi connectivity index (χ1n) is 11.9. The molecule has 2 aliphatic rings. The Morgan fingerprint density at radius 3 is 2.53 bits per heavy atom. The van der Waals surface area contributed by atoms with Crippen LogP contribution in [-0.4, -0.2) is 34.2 Å². The van der Waals surface area contributed by atoms with Crippen molar-refractivity contribution in [3.05, 3.63) is 71.7 Å². The van der Waals surface area contributed by atoms with E-state index in [-0.39, 0.29) is 45.0 Å². The summed E-state index contributed by atoms with van der Waals surface area (Å²) in [6.07, 6.45) is 4.26. The lowest BCUT2D eigenvalue weighted by Gasteiger charge is -2.29. The molecule has 0 unspecified atom stereocenters. The van der Waals surface area contributed by atoms with Gasteiger partial charge in [0.15, 0.2) is 0 Å². The molecule has 2 aromatic heterocycles. The third kappa shape index (κ3) is 5.32. The number of aliphatic hydroxyl groups excluding tert-OH is 1. The topological polar surface area (TPSA) is 104 Å². The van der Waals surface area contributed by atoms with Crippen LogP contribution >= 0.6 is 38.3 Å². The van der Waals surface area contributed by atoms with Crippen LogP contribution in [0.25, 0.3) is 10.2 Å². The van der Waals surface area contributed by atoms with Crippen molar-refractivity contribution in [1.29, 1.82) is 0 Å². The van der Waals surface area contributed by atoms with Gasteiger partial charge >= 0.3 is 6.03 Å². The summed E-state index contributed by atoms with van der Waals surface area (Å²) in [7, 11) is 0. The van der Waals surface area contributed by atoms with Crippen molar-refractivity contribution in [3.63, 3.8) is 0 Å². The van der Waals surface area contributed by atoms with Gasteiger partial charge in [-0.05, 0) is 68.1 Å². The summed E-state index contributed by atoms with van der Waals surface area (Å²) in [4.78, 5) is 33.6. The molecule has 3 amide bonds. The van der Waals surface area contributed by atoms with E-state index in [0.29, 0.717) is 38.9 Å². The molecule has 0 bridgehead atoms. The van der Waals surface area contributed by atoms with Crippen LogP contribution < -0.4 is 20.3 Å². The molecule has 38 heavy (non-hydrogen) atoms. The third-order valence-corrected chi connectivity index (χ3v) is 7.60. The molecular formula is C27H28N4O4S3. The minimum atomic E-state index is -0.393. The van der Waals surface area contributed by atoms with E-state index < -0.39 is 6.10 Å². The van der Waals surface area contributed by atoms with Gasteiger partial charge in [-0.15, -0.1) is 11.3 Å². The molecular weight excluding hydrogens is 541 g/mol. The highest BCUT2D eigenvalue weighted by atomic mass is 32.1. The molecule has 2 atom stereocenters. The predicted molar refractivity (Wildman–Crippen MR) is 160 cm³/mol. The Morgan fingerprint density at radius 1 is 1.05 bits per heavy atom. The number of carbonyl (C=O) groups excluding carboxylic acids is 2. The van der Waals surface area contributed by atoms with E-state index in [1.54, 1.807) is 17.2 Å². The number of carbonyl (C=O) groups is 2. The van der Waals surface area contributed by atoms with Gasteiger partial charge in [-0.1, -0.05) is 18.2 Å². The molecule has 3 heterocycles. The Kier molecular flexibility index (Phi) is 8.51. The lowest BCUT2D eigenvalue weighted by Crippen LogP contribution is -2.40. The number of urea groups is 1. The van der Waals surface area contributed by atoms with Crippen molar-refractivity contribution in [2.75, 3.05) is 10.2 Å². The molecule has 6 rings (SSSR count). The number of para-hydroxylation sites is 1. The van der Waals surface area contributed by atoms with Crippen LogP contribution in [0, 0.1) is 0 Å². The second-order valence-corrected chi connectivity index (χ2v) is 9.98. The zero-order valence-corrected chi connectivity index (χ0v) is 23.1. The molecule has 1 aliphatic heterocycles. The number of rotatable bonds is 5. The zero-order valence-electron chi connectivity index (χ0n) is 20.3. The standard InChI is InChI=1S/C27H24N4O4S.2H2S/c32-18-6-4-5-16(15-18)29-25(33)24-23-22-21(13-14-28-26(22)36-24)31(27(34)30-23)17-9-11-20(12-10-17)35-19-7-2-1-3-8-19;;/h1-3,7-14,16,18,32H,4-6,15H2,(H,29,33)(H,30,34);2*1H2/t16-,18-;;/m0../s1. The van der Waals surface area contributed by atoms with Gasteiger partial charge in [0.2, 0.25) is 0 Å². The smallest absolute Gasteiger partial charge is 0.331 e. The van der Waals surface area contributed by atoms with Crippen molar-refractivity contribution in [2.45, 2.75) is 37.8 Å². The Morgan fingerprint density at radius 2 is 1.79 bits per heavy atom. The molecule has 1 saturated carbocycles. The van der Waals surface area contributed by atoms with Gasteiger partial charge in [0.05, 0.1) is 28.6 Å². The van der Waals surface area contributed by atoms with E-state index in [9.17, 15) is 14.7 Å². The average molecular weight is 569 g/mol. The summed E-state index contributed by atoms with van der Waals surface area (Å²) in [5.41, 5.74) is 1.82. The SMILES string of the molecule is O=C(N[C@H]1CCC[C@H](O)C1)c1sc2nccc3c2c1NC(=O)N3c1ccc(Oc2ccccc2)cc1.S.S. The maximum absolute atomic E-state index is 13.3. The van der Waals surface area contributed by atoms with Crippen LogP contribution in [0.1, 0.15) is 35.4 Å². The van der Waals surface area contributed by atoms with E-state index in [0.717, 1.165) is 30.4 Å². The number of nitrogens with one attached hydrogen (secondary N) is 2. The normalized spacial score (nSPS) is 18.1. The molecule has 1 fully saturated rings. The maximum Gasteiger partial charge on any atom is 0.331 e. The summed E-state index contributed by atoms with van der Waals surface area (Å²) < 4.78 is 5.87. The van der Waals surface area contributed by atoms with Crippen LogP contribution in [0.2, 0.25) is 0 Å². The highest BCUT2D eigenvalue weighted by Crippen LogP contribution is 2.46. The van der Waals surface area contributed by atoms with Crippen molar-refractivity contribution in [3.8, 4) is 11.5 Å². The minimum Gasteiger partial charge on any atom is -0.457 e. The third-order valence-electron chi connectivity index (χ3n) is 6.51. The molecule has 1 aliphatic carbocycles. The fourth-order valence-electron chi connectivity index (χ4n) is 4.83. The number of hydrogen-bond donors (Lipinski definition) is 3. The number of nitrogens with zero attached hydrogens (tertiary/aromatic N) is 2. The van der Waals surface area contributed by atoms with Crippen LogP contribution in [-0.2, 0) is 0 Å². The first-order chi connectivity index (χ1) is 17.6. The number of aliphatic hydroxyl groups is 1. The molecule has 3 N–H and O–H groups in total. The van der Waals surface area contributed by atoms with Gasteiger partial charge in [0.1, 0.15) is 21.2 Å². The first-order valence-corrected chi connectivity index (χ1v) is 12.7. The summed E-state index contributed by atoms with van der Waals surface area (Å²) in [5.74, 6) is 1.13. The molecule has 2 aromatic carbocycles. The molecule has 4 aromatic rings. The van der Waals surface area contributed by atoms with Crippen LogP contribution in [0.4, 0.5) is 21.9 Å². The van der Waals surface area contributed by atoms with Gasteiger partial charge in [-0.3, -0.25) is 9.69 Å². The second kappa shape index (κ2) is 11.6. The van der Waals surface area contributed by atoms with Crippen molar-refractivity contribution in [2.24, 2.45) is 0 Å². The number of aromatic nitrogens is 1. The van der Waals surface area contributed by atoms with E-state index in [4.69, 9.17) is 4.74 Å². The second-order valence-electron chi connectivity index (χ2n) is 8.98. The predicted octanol–water partition coefficient (Wildman–Crippen LogP) is 6.03. The number of hydrogen-bond acceptors (Lipinski definition) is 6. The Labute approximate surface area is 237 Å². The van der Waals surface area contributed by atoms with Gasteiger partial charge in [-0.2, -0.15) is 27.0 Å². The Hall–Kier alpha value is -3.25. The summed E-state index contributed by atoms with van der Waals surface area (Å²) in [6.45, 7) is 0. The molecule has 0 saturated heterocycles. The monoisotopic (exact) mass is 568 g/mol. The number of pyridine rings is 1. The van der Waals surface area contributed by atoms with E-state index in [1.807, 2.05) is 54.6 Å². The minimum absolute atomic E-state index is 0. The summed E-state index contributed by atoms with van der Waals surface area (Å²) in [5, 5.41) is 16.6. The van der Waals surface area contributed by atoms with Gasteiger partial charge in [0.25, 0.3) is 5.91 Å². The summed E-state index contributed by atoms with van der Waals surface area (Å²) >= 11 is 1.26. The molecule has 198 valence electrons. The fraction of sp³-hybridized carbons (Fsp3) is 0.222. The van der Waals surface area contributed by atoms with Crippen molar-refractivity contribution in [1.82, 2.24) is 10.3 Å². The number of thiophene rings is 1. The van der Waals surface area contributed by atoms with E-state index >= 15 is 0 Å². The highest BCUT2D eigenvalue weighted by Gasteiger charge is 2.33. The van der Waals surface area contributed by atoms with Gasteiger partial charge in [-0.25, -0.2) is 9.78 Å². The Balaban J connectivity index is 0.00000168. The van der Waals surface area contributed by atoms with Crippen molar-refractivity contribution >= 4 is 77.5 Å². The number of anilines is 3. The lowest BCUT2D eigenvalue weighted by atomic mass is 9.93. The number of amides is 3. The zero-order chi connectivity index (χ0) is 24.6. The fourth-order valence-corrected chi connectivity index (χ4v) is 5.86. The van der Waals surface area contributed by atoms with Crippen LogP contribution in [0.5, 0.6) is 11.5 Å². The maximum atomic E-state index is 13.3. The highest BCUT2D eigenvalue weighted by molar-refractivity contribution is 7.59. The first kappa shape index (κ1) is 27.8. The lowest BCUT2D eigenvalue weighted by molar-refractivity contribution is 0.0854. The van der Waals surface area contributed by atoms with Crippen molar-refractivity contribution < 1.29 is 19.4 Å². The van der Waals surface area contributed by atoms with Gasteiger partial charge < -0.3 is 20.5 Å². The largest absolute Gasteiger partial charge is 0.457 e.